The number of sulfone groups is 1. The van der Waals surface area contributed by atoms with E-state index in [1.807, 2.05) is 44.2 Å². The molecule has 1 unspecified atom stereocenters. The zero-order valence-corrected chi connectivity index (χ0v) is 19.1. The van der Waals surface area contributed by atoms with Gasteiger partial charge in [0.2, 0.25) is 0 Å². The van der Waals surface area contributed by atoms with E-state index < -0.39 is 40.3 Å². The average Bonchev–Trinajstić information content (AvgIpc) is 3.12. The zero-order chi connectivity index (χ0) is 23.3. The van der Waals surface area contributed by atoms with Gasteiger partial charge >= 0.3 is 5.97 Å². The van der Waals surface area contributed by atoms with Crippen LogP contribution in [0.4, 0.5) is 0 Å². The second-order valence-corrected chi connectivity index (χ2v) is 10.6. The van der Waals surface area contributed by atoms with Crippen molar-refractivity contribution in [2.24, 2.45) is 5.92 Å². The Morgan fingerprint density at radius 2 is 1.84 bits per heavy atom. The lowest BCUT2D eigenvalue weighted by atomic mass is 10.1. The van der Waals surface area contributed by atoms with Crippen LogP contribution in [0.15, 0.2) is 42.5 Å². The van der Waals surface area contributed by atoms with E-state index in [4.69, 9.17) is 4.74 Å². The number of esters is 1. The summed E-state index contributed by atoms with van der Waals surface area (Å²) in [5.74, 6) is -1.47. The van der Waals surface area contributed by atoms with Crippen molar-refractivity contribution in [1.29, 1.82) is 0 Å². The maximum Gasteiger partial charge on any atom is 0.325 e. The summed E-state index contributed by atoms with van der Waals surface area (Å²) in [6.45, 7) is 3.38. The Hall–Kier alpha value is -2.94. The molecule has 2 aromatic carbocycles. The Bertz CT molecular complexity index is 1110. The Balaban J connectivity index is 1.51. The lowest BCUT2D eigenvalue weighted by Crippen LogP contribution is -2.45. The highest BCUT2D eigenvalue weighted by Gasteiger charge is 2.35. The van der Waals surface area contributed by atoms with Crippen molar-refractivity contribution < 1.29 is 27.5 Å². The van der Waals surface area contributed by atoms with Gasteiger partial charge in [0.15, 0.2) is 16.4 Å². The molecule has 0 saturated carbocycles. The van der Waals surface area contributed by atoms with Gasteiger partial charge in [0.05, 0.1) is 11.5 Å². The van der Waals surface area contributed by atoms with Crippen LogP contribution in [0.25, 0.3) is 10.8 Å². The topological polar surface area (TPSA) is 110 Å². The van der Waals surface area contributed by atoms with Gasteiger partial charge in [-0.1, -0.05) is 44.2 Å². The first-order chi connectivity index (χ1) is 15.1. The normalized spacial score (nSPS) is 17.3. The molecule has 0 aromatic heterocycles. The number of amides is 2. The van der Waals surface area contributed by atoms with Gasteiger partial charge in [0, 0.05) is 18.2 Å². The third kappa shape index (κ3) is 6.29. The van der Waals surface area contributed by atoms with Crippen LogP contribution in [0.2, 0.25) is 0 Å². The van der Waals surface area contributed by atoms with Gasteiger partial charge in [0.1, 0.15) is 6.54 Å². The molecule has 0 radical (unpaired) electrons. The lowest BCUT2D eigenvalue weighted by Gasteiger charge is -2.29. The van der Waals surface area contributed by atoms with Crippen LogP contribution in [0, 0.1) is 5.92 Å². The Kier molecular flexibility index (Phi) is 7.50. The number of hydrogen-bond acceptors (Lipinski definition) is 6. The van der Waals surface area contributed by atoms with Gasteiger partial charge in [-0.3, -0.25) is 14.4 Å². The van der Waals surface area contributed by atoms with E-state index in [1.54, 1.807) is 12.1 Å². The summed E-state index contributed by atoms with van der Waals surface area (Å²) in [5, 5.41) is 4.41. The Morgan fingerprint density at radius 1 is 1.12 bits per heavy atom. The number of nitrogens with zero attached hydrogens (tertiary/aromatic N) is 1. The SMILES string of the molecule is CC(C)CN(C(=O)COC(=O)CNC(=O)c1ccc2ccccc2c1)C1CCS(=O)(=O)C1. The molecular formula is C23H28N2O6S. The van der Waals surface area contributed by atoms with Gasteiger partial charge in [0.25, 0.3) is 11.8 Å². The molecular weight excluding hydrogens is 432 g/mol. The van der Waals surface area contributed by atoms with Gasteiger partial charge in [-0.15, -0.1) is 0 Å². The second kappa shape index (κ2) is 10.1. The van der Waals surface area contributed by atoms with Crippen molar-refractivity contribution >= 4 is 38.4 Å². The van der Waals surface area contributed by atoms with Crippen LogP contribution in [-0.2, 0) is 24.2 Å². The van der Waals surface area contributed by atoms with Crippen LogP contribution in [0.3, 0.4) is 0 Å². The largest absolute Gasteiger partial charge is 0.454 e. The molecule has 0 bridgehead atoms. The number of hydrogen-bond donors (Lipinski definition) is 1. The second-order valence-electron chi connectivity index (χ2n) is 8.40. The quantitative estimate of drug-likeness (QED) is 0.602. The van der Waals surface area contributed by atoms with Crippen LogP contribution < -0.4 is 5.32 Å². The minimum absolute atomic E-state index is 0.0557. The number of benzene rings is 2. The van der Waals surface area contributed by atoms with Crippen molar-refractivity contribution in [2.75, 3.05) is 31.2 Å². The van der Waals surface area contributed by atoms with Gasteiger partial charge in [-0.2, -0.15) is 0 Å². The summed E-state index contributed by atoms with van der Waals surface area (Å²) in [5.41, 5.74) is 0.415. The molecule has 1 heterocycles. The number of carbonyl (C=O) groups is 3. The van der Waals surface area contributed by atoms with Crippen molar-refractivity contribution in [1.82, 2.24) is 10.2 Å². The fourth-order valence-corrected chi connectivity index (χ4v) is 5.46. The third-order valence-electron chi connectivity index (χ3n) is 5.29. The highest BCUT2D eigenvalue weighted by molar-refractivity contribution is 7.91. The summed E-state index contributed by atoms with van der Waals surface area (Å²) in [6, 6.07) is 12.5. The van der Waals surface area contributed by atoms with Crippen LogP contribution in [-0.4, -0.2) is 68.3 Å². The van der Waals surface area contributed by atoms with Crippen LogP contribution in [0.5, 0.6) is 0 Å². The first-order valence-corrected chi connectivity index (χ1v) is 12.4. The van der Waals surface area contributed by atoms with E-state index in [-0.39, 0.29) is 24.0 Å². The zero-order valence-electron chi connectivity index (χ0n) is 18.2. The molecule has 2 amide bonds. The fourth-order valence-electron chi connectivity index (χ4n) is 3.73. The van der Waals surface area contributed by atoms with E-state index in [0.29, 0.717) is 18.5 Å². The molecule has 1 aliphatic heterocycles. The Morgan fingerprint density at radius 3 is 2.50 bits per heavy atom. The molecule has 1 aliphatic rings. The summed E-state index contributed by atoms with van der Waals surface area (Å²) in [4.78, 5) is 38.5. The van der Waals surface area contributed by atoms with E-state index in [1.165, 1.54) is 4.90 Å². The lowest BCUT2D eigenvalue weighted by molar-refractivity contribution is -0.152. The molecule has 32 heavy (non-hydrogen) atoms. The smallest absolute Gasteiger partial charge is 0.325 e. The number of carbonyl (C=O) groups excluding carboxylic acids is 3. The molecule has 0 spiro atoms. The van der Waals surface area contributed by atoms with Crippen molar-refractivity contribution in [3.8, 4) is 0 Å². The fraction of sp³-hybridized carbons (Fsp3) is 0.435. The highest BCUT2D eigenvalue weighted by atomic mass is 32.2. The number of ether oxygens (including phenoxy) is 1. The molecule has 1 fully saturated rings. The predicted molar refractivity (Wildman–Crippen MR) is 121 cm³/mol. The molecule has 3 rings (SSSR count). The van der Waals surface area contributed by atoms with E-state index >= 15 is 0 Å². The van der Waals surface area contributed by atoms with E-state index in [2.05, 4.69) is 5.32 Å². The number of rotatable bonds is 8. The Labute approximate surface area is 187 Å². The van der Waals surface area contributed by atoms with Gasteiger partial charge < -0.3 is 15.0 Å². The monoisotopic (exact) mass is 460 g/mol. The van der Waals surface area contributed by atoms with E-state index in [0.717, 1.165) is 10.8 Å². The summed E-state index contributed by atoms with van der Waals surface area (Å²) in [6.07, 6.45) is 0.385. The molecule has 172 valence electrons. The predicted octanol–water partition coefficient (Wildman–Crippen LogP) is 1.78. The molecule has 1 N–H and O–H groups in total. The highest BCUT2D eigenvalue weighted by Crippen LogP contribution is 2.19. The number of fused-ring (bicyclic) bond motifs is 1. The number of nitrogens with one attached hydrogen (secondary N) is 1. The van der Waals surface area contributed by atoms with Crippen molar-refractivity contribution in [3.63, 3.8) is 0 Å². The molecule has 1 atom stereocenters. The van der Waals surface area contributed by atoms with Crippen molar-refractivity contribution in [3.05, 3.63) is 48.0 Å². The standard InChI is InChI=1S/C23H28N2O6S/c1-16(2)13-25(20-9-10-32(29,30)15-20)21(26)14-31-22(27)12-24-23(28)19-8-7-17-5-3-4-6-18(17)11-19/h3-8,11,16,20H,9-10,12-15H2,1-2H3,(H,24,28). The summed E-state index contributed by atoms with van der Waals surface area (Å²) >= 11 is 0. The minimum atomic E-state index is -3.15. The van der Waals surface area contributed by atoms with E-state index in [9.17, 15) is 22.8 Å². The third-order valence-corrected chi connectivity index (χ3v) is 7.04. The van der Waals surface area contributed by atoms with Gasteiger partial charge in [-0.05, 0) is 35.2 Å². The maximum absolute atomic E-state index is 12.6. The van der Waals surface area contributed by atoms with Crippen molar-refractivity contribution in [2.45, 2.75) is 26.3 Å². The average molecular weight is 461 g/mol. The first-order valence-electron chi connectivity index (χ1n) is 10.6. The molecule has 2 aromatic rings. The molecule has 0 aliphatic carbocycles. The molecule has 9 heteroatoms. The molecule has 8 nitrogen and oxygen atoms in total. The summed E-state index contributed by atoms with van der Waals surface area (Å²) < 4.78 is 28.6. The molecule has 1 saturated heterocycles. The summed E-state index contributed by atoms with van der Waals surface area (Å²) in [7, 11) is -3.15. The van der Waals surface area contributed by atoms with Crippen LogP contribution >= 0.6 is 0 Å². The first kappa shape index (κ1) is 23.7. The minimum Gasteiger partial charge on any atom is -0.454 e. The van der Waals surface area contributed by atoms with Crippen LogP contribution in [0.1, 0.15) is 30.6 Å². The van der Waals surface area contributed by atoms with Gasteiger partial charge in [-0.25, -0.2) is 8.42 Å². The maximum atomic E-state index is 12.6.